The molecule has 1 fully saturated rings. The fourth-order valence-corrected chi connectivity index (χ4v) is 3.07. The Kier molecular flexibility index (Phi) is 3.91. The summed E-state index contributed by atoms with van der Waals surface area (Å²) in [5, 5.41) is 6.13. The van der Waals surface area contributed by atoms with Crippen molar-refractivity contribution in [3.8, 4) is 0 Å². The molecule has 2 aliphatic rings. The summed E-state index contributed by atoms with van der Waals surface area (Å²) in [5.74, 6) is -3.75. The Morgan fingerprint density at radius 1 is 1.08 bits per heavy atom. The van der Waals surface area contributed by atoms with Gasteiger partial charge >= 0.3 is 0 Å². The van der Waals surface area contributed by atoms with E-state index in [0.717, 1.165) is 11.3 Å². The fourth-order valence-electron chi connectivity index (χ4n) is 3.07. The molecule has 1 aromatic carbocycles. The van der Waals surface area contributed by atoms with E-state index in [-0.39, 0.29) is 18.8 Å². The van der Waals surface area contributed by atoms with Gasteiger partial charge in [-0.3, -0.25) is 10.7 Å². The Labute approximate surface area is 149 Å². The van der Waals surface area contributed by atoms with Crippen molar-refractivity contribution in [2.45, 2.75) is 24.6 Å². The maximum atomic E-state index is 13.4. The first-order valence-electron chi connectivity index (χ1n) is 8.29. The maximum absolute atomic E-state index is 13.4. The zero-order valence-corrected chi connectivity index (χ0v) is 13.9. The van der Waals surface area contributed by atoms with Crippen molar-refractivity contribution in [3.63, 3.8) is 0 Å². The van der Waals surface area contributed by atoms with Crippen LogP contribution >= 0.6 is 0 Å². The van der Waals surface area contributed by atoms with E-state index in [1.54, 1.807) is 24.5 Å². The van der Waals surface area contributed by atoms with Crippen molar-refractivity contribution in [3.05, 3.63) is 60.4 Å². The molecule has 1 aliphatic carbocycles. The Hall–Kier alpha value is -2.87. The summed E-state index contributed by atoms with van der Waals surface area (Å²) in [6.07, 6.45) is 2.66. The number of hydrogen-bond donors (Lipinski definition) is 3. The predicted octanol–water partition coefficient (Wildman–Crippen LogP) is 2.56. The number of benzene rings is 1. The number of aromatic nitrogens is 1. The largest absolute Gasteiger partial charge is 0.333 e. The predicted molar refractivity (Wildman–Crippen MR) is 96.0 cm³/mol. The van der Waals surface area contributed by atoms with Crippen molar-refractivity contribution in [1.82, 2.24) is 10.3 Å². The summed E-state index contributed by atoms with van der Waals surface area (Å²) in [7, 11) is 0. The van der Waals surface area contributed by atoms with Crippen LogP contribution in [0, 0.1) is 5.92 Å². The number of pyridine rings is 1. The molecule has 4 rings (SSSR count). The minimum Gasteiger partial charge on any atom is -0.333 e. The fraction of sp³-hybridized carbons (Fsp3) is 0.278. The van der Waals surface area contributed by atoms with E-state index in [0.29, 0.717) is 5.84 Å². The lowest BCUT2D eigenvalue weighted by atomic mass is 9.76. The van der Waals surface area contributed by atoms with Gasteiger partial charge in [0.05, 0.1) is 0 Å². The van der Waals surface area contributed by atoms with Crippen molar-refractivity contribution in [2.75, 3.05) is 5.32 Å². The zero-order chi connectivity index (χ0) is 18.2. The molecule has 1 aliphatic heterocycles. The van der Waals surface area contributed by atoms with Crippen LogP contribution in [0.3, 0.4) is 0 Å². The average Bonchev–Trinajstić information content (AvgIpc) is 2.61. The van der Waals surface area contributed by atoms with Gasteiger partial charge in [0.25, 0.3) is 0 Å². The lowest BCUT2D eigenvalue weighted by Crippen LogP contribution is -2.66. The number of hydrogen-bond acceptors (Lipinski definition) is 6. The Bertz CT molecular complexity index is 844. The van der Waals surface area contributed by atoms with E-state index in [1.807, 2.05) is 30.3 Å². The van der Waals surface area contributed by atoms with E-state index in [1.165, 1.54) is 0 Å². The third-order valence-electron chi connectivity index (χ3n) is 4.52. The third-order valence-corrected chi connectivity index (χ3v) is 4.52. The van der Waals surface area contributed by atoms with E-state index in [4.69, 9.17) is 5.73 Å². The molecule has 6 nitrogen and oxygen atoms in total. The van der Waals surface area contributed by atoms with Gasteiger partial charge in [0.2, 0.25) is 11.9 Å². The Morgan fingerprint density at radius 2 is 1.77 bits per heavy atom. The maximum Gasteiger partial charge on any atom is 0.249 e. The number of nitrogens with one attached hydrogen (secondary N) is 2. The van der Waals surface area contributed by atoms with Gasteiger partial charge in [-0.05, 0) is 12.1 Å². The van der Waals surface area contributed by atoms with E-state index in [9.17, 15) is 8.78 Å². The van der Waals surface area contributed by atoms with E-state index < -0.39 is 17.6 Å². The number of amidine groups is 1. The number of rotatable bonds is 3. The highest BCUT2D eigenvalue weighted by Gasteiger charge is 2.55. The molecule has 1 aromatic heterocycles. The molecule has 26 heavy (non-hydrogen) atoms. The first kappa shape index (κ1) is 16.6. The lowest BCUT2D eigenvalue weighted by Gasteiger charge is -2.46. The first-order valence-corrected chi connectivity index (χ1v) is 8.29. The smallest absolute Gasteiger partial charge is 0.249 e. The summed E-state index contributed by atoms with van der Waals surface area (Å²) < 4.78 is 26.8. The summed E-state index contributed by atoms with van der Waals surface area (Å²) in [6, 6.07) is 12.9. The molecule has 0 bridgehead atoms. The number of nitrogens with zero attached hydrogens (tertiary/aromatic N) is 3. The van der Waals surface area contributed by atoms with Gasteiger partial charge in [0, 0.05) is 42.4 Å². The molecule has 1 atom stereocenters. The number of alkyl halides is 2. The quantitative estimate of drug-likeness (QED) is 0.789. The minimum absolute atomic E-state index is 0.270. The summed E-state index contributed by atoms with van der Waals surface area (Å²) >= 11 is 0. The number of nitrogens with two attached hydrogens (primary N) is 1. The standard InChI is InChI=1S/C18H18F2N6/c19-17(20)10-13(11-17)18(21)25-15(12-4-2-1-3-5-12)24-16(26-18)23-14-6-8-22-9-7-14/h1-9,13H,10-11,21H2,(H2,22,23,24,25,26). The first-order chi connectivity index (χ1) is 12.4. The van der Waals surface area contributed by atoms with Crippen LogP contribution in [0.5, 0.6) is 0 Å². The SMILES string of the molecule is NC1(C2CC(F)(F)C2)N=C(Nc2ccncc2)N=C(c2ccccc2)N1. The van der Waals surface area contributed by atoms with Crippen LogP contribution in [0.4, 0.5) is 14.5 Å². The van der Waals surface area contributed by atoms with Gasteiger partial charge in [-0.25, -0.2) is 13.8 Å². The molecular formula is C18H18F2N6. The second-order valence-corrected chi connectivity index (χ2v) is 6.53. The Balaban J connectivity index is 1.67. The highest BCUT2D eigenvalue weighted by atomic mass is 19.3. The van der Waals surface area contributed by atoms with Gasteiger partial charge in [0.15, 0.2) is 5.79 Å². The van der Waals surface area contributed by atoms with Crippen molar-refractivity contribution < 1.29 is 8.78 Å². The van der Waals surface area contributed by atoms with Crippen LogP contribution in [-0.4, -0.2) is 28.5 Å². The second kappa shape index (κ2) is 6.14. The van der Waals surface area contributed by atoms with Crippen LogP contribution in [0.15, 0.2) is 64.8 Å². The molecule has 0 radical (unpaired) electrons. The highest BCUT2D eigenvalue weighted by Crippen LogP contribution is 2.47. The molecule has 4 N–H and O–H groups in total. The van der Waals surface area contributed by atoms with Crippen LogP contribution in [0.1, 0.15) is 18.4 Å². The van der Waals surface area contributed by atoms with Crippen molar-refractivity contribution in [1.29, 1.82) is 0 Å². The van der Waals surface area contributed by atoms with Gasteiger partial charge in [-0.1, -0.05) is 30.3 Å². The van der Waals surface area contributed by atoms with Crippen LogP contribution in [0.2, 0.25) is 0 Å². The van der Waals surface area contributed by atoms with Gasteiger partial charge < -0.3 is 10.6 Å². The molecule has 2 heterocycles. The van der Waals surface area contributed by atoms with E-state index >= 15 is 0 Å². The Morgan fingerprint density at radius 3 is 2.42 bits per heavy atom. The number of halogens is 2. The van der Waals surface area contributed by atoms with Crippen molar-refractivity contribution in [2.24, 2.45) is 21.6 Å². The van der Waals surface area contributed by atoms with Crippen LogP contribution in [0.25, 0.3) is 0 Å². The molecule has 0 saturated heterocycles. The monoisotopic (exact) mass is 356 g/mol. The molecule has 1 saturated carbocycles. The van der Waals surface area contributed by atoms with Gasteiger partial charge in [-0.2, -0.15) is 4.99 Å². The van der Waals surface area contributed by atoms with Gasteiger partial charge in [-0.15, -0.1) is 0 Å². The normalized spacial score (nSPS) is 24.7. The average molecular weight is 356 g/mol. The number of aliphatic imine (C=N–C) groups is 2. The number of guanidine groups is 1. The minimum atomic E-state index is -2.69. The highest BCUT2D eigenvalue weighted by molar-refractivity contribution is 6.10. The van der Waals surface area contributed by atoms with Gasteiger partial charge in [0.1, 0.15) is 5.84 Å². The number of anilines is 1. The lowest BCUT2D eigenvalue weighted by molar-refractivity contribution is -0.132. The molecule has 0 spiro atoms. The third kappa shape index (κ3) is 3.28. The van der Waals surface area contributed by atoms with Crippen LogP contribution in [-0.2, 0) is 0 Å². The molecule has 2 aromatic rings. The second-order valence-electron chi connectivity index (χ2n) is 6.53. The molecule has 134 valence electrons. The zero-order valence-electron chi connectivity index (χ0n) is 13.9. The summed E-state index contributed by atoms with van der Waals surface area (Å²) in [6.45, 7) is 0. The molecule has 1 unspecified atom stereocenters. The van der Waals surface area contributed by atoms with E-state index in [2.05, 4.69) is 25.6 Å². The topological polar surface area (TPSA) is 87.7 Å². The van der Waals surface area contributed by atoms with Crippen LogP contribution < -0.4 is 16.4 Å². The van der Waals surface area contributed by atoms with Crippen molar-refractivity contribution >= 4 is 17.5 Å². The summed E-state index contributed by atoms with van der Waals surface area (Å²) in [4.78, 5) is 12.8. The summed E-state index contributed by atoms with van der Waals surface area (Å²) in [5.41, 5.74) is 7.93. The molecule has 0 amide bonds. The molecule has 8 heteroatoms. The molecular weight excluding hydrogens is 338 g/mol.